The van der Waals surface area contributed by atoms with Crippen LogP contribution < -0.4 is 5.32 Å². The van der Waals surface area contributed by atoms with E-state index in [-0.39, 0.29) is 12.1 Å². The second kappa shape index (κ2) is 5.83. The van der Waals surface area contributed by atoms with Crippen LogP contribution in [0.25, 0.3) is 0 Å². The van der Waals surface area contributed by atoms with Crippen LogP contribution in [0.1, 0.15) is 33.1 Å². The van der Waals surface area contributed by atoms with Crippen molar-refractivity contribution < 1.29 is 9.53 Å². The van der Waals surface area contributed by atoms with Gasteiger partial charge >= 0.3 is 0 Å². The summed E-state index contributed by atoms with van der Waals surface area (Å²) in [6.45, 7) is 7.65. The Morgan fingerprint density at radius 2 is 1.82 bits per heavy atom. The van der Waals surface area contributed by atoms with E-state index in [9.17, 15) is 4.79 Å². The normalized spacial score (nSPS) is 31.5. The molecule has 2 unspecified atom stereocenters. The molecule has 4 nitrogen and oxygen atoms in total. The first kappa shape index (κ1) is 12.8. The van der Waals surface area contributed by atoms with Gasteiger partial charge in [-0.25, -0.2) is 0 Å². The number of carbonyl (C=O) groups is 1. The number of nitrogens with zero attached hydrogens (tertiary/aromatic N) is 1. The molecule has 0 bridgehead atoms. The summed E-state index contributed by atoms with van der Waals surface area (Å²) < 4.78 is 5.46. The molecule has 2 heterocycles. The van der Waals surface area contributed by atoms with Crippen LogP contribution in [-0.2, 0) is 9.53 Å². The number of nitrogens with one attached hydrogen (secondary N) is 1. The molecule has 1 N–H and O–H groups in total. The highest BCUT2D eigenvalue weighted by Crippen LogP contribution is 2.21. The van der Waals surface area contributed by atoms with Gasteiger partial charge in [-0.1, -0.05) is 0 Å². The van der Waals surface area contributed by atoms with E-state index in [1.165, 1.54) is 0 Å². The zero-order valence-electron chi connectivity index (χ0n) is 10.9. The maximum Gasteiger partial charge on any atom is 0.223 e. The summed E-state index contributed by atoms with van der Waals surface area (Å²) in [5, 5.41) is 3.34. The van der Waals surface area contributed by atoms with Crippen molar-refractivity contribution in [2.24, 2.45) is 5.92 Å². The van der Waals surface area contributed by atoms with E-state index in [0.29, 0.717) is 25.0 Å². The van der Waals surface area contributed by atoms with Gasteiger partial charge < -0.3 is 15.0 Å². The highest BCUT2D eigenvalue weighted by molar-refractivity contribution is 5.77. The molecule has 0 spiro atoms. The van der Waals surface area contributed by atoms with E-state index in [4.69, 9.17) is 4.74 Å². The number of piperidine rings is 1. The summed E-state index contributed by atoms with van der Waals surface area (Å²) >= 11 is 0. The number of carbonyl (C=O) groups excluding carboxylic acids is 1. The first-order valence-electron chi connectivity index (χ1n) is 6.78. The number of rotatable bonds is 2. The van der Waals surface area contributed by atoms with Crippen LogP contribution in [-0.4, -0.2) is 49.2 Å². The summed E-state index contributed by atoms with van der Waals surface area (Å²) in [5.41, 5.74) is 0. The summed E-state index contributed by atoms with van der Waals surface area (Å²) in [4.78, 5) is 14.4. The topological polar surface area (TPSA) is 41.6 Å². The third-order valence-corrected chi connectivity index (χ3v) is 3.88. The first-order chi connectivity index (χ1) is 8.18. The maximum atomic E-state index is 12.3. The van der Waals surface area contributed by atoms with Gasteiger partial charge in [-0.15, -0.1) is 0 Å². The van der Waals surface area contributed by atoms with Gasteiger partial charge in [-0.2, -0.15) is 0 Å². The monoisotopic (exact) mass is 240 g/mol. The fourth-order valence-electron chi connectivity index (χ4n) is 2.93. The molecule has 98 valence electrons. The molecule has 2 atom stereocenters. The zero-order valence-corrected chi connectivity index (χ0v) is 10.9. The van der Waals surface area contributed by atoms with Crippen molar-refractivity contribution in [3.05, 3.63) is 0 Å². The Morgan fingerprint density at radius 1 is 1.24 bits per heavy atom. The fourth-order valence-corrected chi connectivity index (χ4v) is 2.93. The van der Waals surface area contributed by atoms with Crippen molar-refractivity contribution in [2.45, 2.75) is 45.2 Å². The lowest BCUT2D eigenvalue weighted by atomic mass is 9.93. The van der Waals surface area contributed by atoms with E-state index in [2.05, 4.69) is 19.2 Å². The smallest absolute Gasteiger partial charge is 0.223 e. The van der Waals surface area contributed by atoms with E-state index < -0.39 is 0 Å². The van der Waals surface area contributed by atoms with Crippen molar-refractivity contribution in [3.63, 3.8) is 0 Å². The molecule has 2 saturated heterocycles. The molecule has 0 radical (unpaired) electrons. The lowest BCUT2D eigenvalue weighted by Gasteiger charge is -2.39. The van der Waals surface area contributed by atoms with Crippen molar-refractivity contribution in [1.82, 2.24) is 10.2 Å². The van der Waals surface area contributed by atoms with Gasteiger partial charge in [0.2, 0.25) is 5.91 Å². The number of hydrogen-bond donors (Lipinski definition) is 1. The molecule has 2 rings (SSSR count). The molecule has 2 aliphatic rings. The summed E-state index contributed by atoms with van der Waals surface area (Å²) in [6.07, 6.45) is 2.99. The van der Waals surface area contributed by atoms with Crippen LogP contribution in [0.5, 0.6) is 0 Å². The molecule has 4 heteroatoms. The van der Waals surface area contributed by atoms with Crippen LogP contribution in [0.2, 0.25) is 0 Å². The zero-order chi connectivity index (χ0) is 12.3. The Labute approximate surface area is 104 Å². The van der Waals surface area contributed by atoms with E-state index >= 15 is 0 Å². The molecular formula is C13H24N2O2. The molecule has 0 aromatic rings. The molecule has 0 saturated carbocycles. The van der Waals surface area contributed by atoms with Gasteiger partial charge in [0.05, 0.1) is 25.3 Å². The quantitative estimate of drug-likeness (QED) is 0.783. The molecule has 0 aliphatic carbocycles. The Kier molecular flexibility index (Phi) is 4.40. The van der Waals surface area contributed by atoms with Crippen LogP contribution >= 0.6 is 0 Å². The third-order valence-electron chi connectivity index (χ3n) is 3.88. The Hall–Kier alpha value is -0.610. The number of hydrogen-bond acceptors (Lipinski definition) is 3. The average molecular weight is 240 g/mol. The molecule has 2 aliphatic heterocycles. The largest absolute Gasteiger partial charge is 0.377 e. The van der Waals surface area contributed by atoms with Crippen molar-refractivity contribution >= 4 is 5.91 Å². The first-order valence-corrected chi connectivity index (χ1v) is 6.78. The fraction of sp³-hybridized carbons (Fsp3) is 0.923. The molecule has 1 amide bonds. The van der Waals surface area contributed by atoms with Crippen LogP contribution in [0.4, 0.5) is 0 Å². The highest BCUT2D eigenvalue weighted by Gasteiger charge is 2.30. The SMILES string of the molecule is CC1COCC(C)N1C(=O)CC1CCNCC1. The van der Waals surface area contributed by atoms with E-state index in [0.717, 1.165) is 32.4 Å². The van der Waals surface area contributed by atoms with E-state index in [1.807, 2.05) is 4.90 Å². The summed E-state index contributed by atoms with van der Waals surface area (Å²) in [6, 6.07) is 0.459. The maximum absolute atomic E-state index is 12.3. The number of amides is 1. The Morgan fingerprint density at radius 3 is 2.41 bits per heavy atom. The predicted octanol–water partition coefficient (Wildman–Crippen LogP) is 1.01. The molecule has 0 aromatic heterocycles. The van der Waals surface area contributed by atoms with Gasteiger partial charge in [0.25, 0.3) is 0 Å². The molecule has 2 fully saturated rings. The van der Waals surface area contributed by atoms with Crippen molar-refractivity contribution in [1.29, 1.82) is 0 Å². The second-order valence-corrected chi connectivity index (χ2v) is 5.43. The summed E-state index contributed by atoms with van der Waals surface area (Å²) in [7, 11) is 0. The van der Waals surface area contributed by atoms with E-state index in [1.54, 1.807) is 0 Å². The minimum Gasteiger partial charge on any atom is -0.377 e. The van der Waals surface area contributed by atoms with Gasteiger partial charge in [0.15, 0.2) is 0 Å². The molecular weight excluding hydrogens is 216 g/mol. The van der Waals surface area contributed by atoms with Gasteiger partial charge in [-0.05, 0) is 45.7 Å². The van der Waals surface area contributed by atoms with Crippen molar-refractivity contribution in [2.75, 3.05) is 26.3 Å². The van der Waals surface area contributed by atoms with Crippen molar-refractivity contribution in [3.8, 4) is 0 Å². The third kappa shape index (κ3) is 3.19. The van der Waals surface area contributed by atoms with Crippen LogP contribution in [0, 0.1) is 5.92 Å². The molecule has 0 aromatic carbocycles. The van der Waals surface area contributed by atoms with Crippen LogP contribution in [0.15, 0.2) is 0 Å². The Balaban J connectivity index is 1.88. The highest BCUT2D eigenvalue weighted by atomic mass is 16.5. The standard InChI is InChI=1S/C13H24N2O2/c1-10-8-17-9-11(2)15(10)13(16)7-12-3-5-14-6-4-12/h10-12,14H,3-9H2,1-2H3. The predicted molar refractivity (Wildman–Crippen MR) is 66.8 cm³/mol. The Bertz CT molecular complexity index is 254. The second-order valence-electron chi connectivity index (χ2n) is 5.43. The number of ether oxygens (including phenoxy) is 1. The lowest BCUT2D eigenvalue weighted by Crippen LogP contribution is -2.53. The van der Waals surface area contributed by atoms with Gasteiger partial charge in [0, 0.05) is 6.42 Å². The average Bonchev–Trinajstić information content (AvgIpc) is 2.30. The minimum absolute atomic E-state index is 0.230. The minimum atomic E-state index is 0.230. The summed E-state index contributed by atoms with van der Waals surface area (Å²) in [5.74, 6) is 0.895. The van der Waals surface area contributed by atoms with Gasteiger partial charge in [-0.3, -0.25) is 4.79 Å². The van der Waals surface area contributed by atoms with Gasteiger partial charge in [0.1, 0.15) is 0 Å². The van der Waals surface area contributed by atoms with Crippen LogP contribution in [0.3, 0.4) is 0 Å². The lowest BCUT2D eigenvalue weighted by molar-refractivity contribution is -0.145. The molecule has 17 heavy (non-hydrogen) atoms. The number of morpholine rings is 1.